The van der Waals surface area contributed by atoms with Crippen LogP contribution in [0.2, 0.25) is 5.02 Å². The van der Waals surface area contributed by atoms with Crippen LogP contribution >= 0.6 is 11.6 Å². The monoisotopic (exact) mass is 483 g/mol. The van der Waals surface area contributed by atoms with Gasteiger partial charge in [-0.05, 0) is 71.6 Å². The summed E-state index contributed by atoms with van der Waals surface area (Å²) < 4.78 is 38.2. The molecule has 0 spiro atoms. The molecule has 1 fully saturated rings. The molecule has 1 N–H and O–H groups in total. The molecule has 0 saturated carbocycles. The zero-order chi connectivity index (χ0) is 24.3. The van der Waals surface area contributed by atoms with E-state index in [1.54, 1.807) is 12.1 Å². The van der Waals surface area contributed by atoms with Crippen LogP contribution in [0.25, 0.3) is 11.1 Å². The van der Waals surface area contributed by atoms with Crippen molar-refractivity contribution in [3.05, 3.63) is 94.0 Å². The minimum atomic E-state index is -4.43. The van der Waals surface area contributed by atoms with Gasteiger partial charge in [0.25, 0.3) is 5.91 Å². The Labute approximate surface area is 200 Å². The fraction of sp³-hybridized carbons (Fsp3) is 0.231. The lowest BCUT2D eigenvalue weighted by atomic mass is 9.98. The van der Waals surface area contributed by atoms with Gasteiger partial charge in [-0.3, -0.25) is 9.69 Å². The van der Waals surface area contributed by atoms with Gasteiger partial charge in [0.2, 0.25) is 0 Å². The summed E-state index contributed by atoms with van der Waals surface area (Å²) in [6, 6.07) is 19.3. The summed E-state index contributed by atoms with van der Waals surface area (Å²) in [6.45, 7) is 2.05. The minimum absolute atomic E-state index is 0.0968. The number of likely N-dealkylation sites (tertiary alicyclic amines) is 1. The summed E-state index contributed by atoms with van der Waals surface area (Å²) in [5.41, 5.74) is 3.02. The largest absolute Gasteiger partial charge is 0.416 e. The molecule has 1 aliphatic heterocycles. The van der Waals surface area contributed by atoms with Gasteiger partial charge in [-0.25, -0.2) is 0 Å². The van der Waals surface area contributed by atoms with Crippen LogP contribution in [-0.2, 0) is 12.7 Å². The van der Waals surface area contributed by atoms with Gasteiger partial charge >= 0.3 is 6.18 Å². The lowest BCUT2D eigenvalue weighted by molar-refractivity contribution is -0.137. The van der Waals surface area contributed by atoms with Crippen molar-refractivity contribution in [2.45, 2.75) is 25.2 Å². The van der Waals surface area contributed by atoms with Gasteiger partial charge in [-0.15, -0.1) is 0 Å². The maximum absolute atomic E-state index is 12.7. The van der Waals surface area contributed by atoms with E-state index in [1.807, 2.05) is 30.3 Å². The van der Waals surface area contributed by atoms with E-state index in [1.165, 1.54) is 12.1 Å². The van der Waals surface area contributed by atoms with Crippen LogP contribution in [0.15, 0.2) is 66.7 Å². The molecule has 3 aromatic carbocycles. The maximum Gasteiger partial charge on any atom is 0.416 e. The first-order valence-corrected chi connectivity index (χ1v) is 11.1. The summed E-state index contributed by atoms with van der Waals surface area (Å²) in [7, 11) is 0. The molecule has 34 heavy (non-hydrogen) atoms. The van der Waals surface area contributed by atoms with E-state index in [0.717, 1.165) is 41.8 Å². The summed E-state index contributed by atoms with van der Waals surface area (Å²) in [5, 5.41) is 12.6. The number of hydrogen-bond acceptors (Lipinski definition) is 3. The smallest absolute Gasteiger partial charge is 0.348 e. The Morgan fingerprint density at radius 1 is 1.09 bits per heavy atom. The number of benzene rings is 3. The highest BCUT2D eigenvalue weighted by Gasteiger charge is 2.30. The molecule has 8 heteroatoms. The Morgan fingerprint density at radius 3 is 2.44 bits per heavy atom. The van der Waals surface area contributed by atoms with Gasteiger partial charge < -0.3 is 5.32 Å². The zero-order valence-electron chi connectivity index (χ0n) is 18.1. The molecule has 0 aliphatic carbocycles. The third-order valence-corrected chi connectivity index (χ3v) is 6.11. The van der Waals surface area contributed by atoms with E-state index in [-0.39, 0.29) is 17.5 Å². The Morgan fingerprint density at radius 2 is 1.79 bits per heavy atom. The molecular formula is C26H21ClF3N3O. The summed E-state index contributed by atoms with van der Waals surface area (Å²) in [4.78, 5) is 14.7. The van der Waals surface area contributed by atoms with Gasteiger partial charge in [0.05, 0.1) is 17.2 Å². The van der Waals surface area contributed by atoms with Crippen LogP contribution in [0.4, 0.5) is 13.2 Å². The van der Waals surface area contributed by atoms with E-state index in [2.05, 4.69) is 16.3 Å². The van der Waals surface area contributed by atoms with E-state index in [0.29, 0.717) is 23.7 Å². The summed E-state index contributed by atoms with van der Waals surface area (Å²) in [6.07, 6.45) is -3.69. The Kier molecular flexibility index (Phi) is 6.92. The number of rotatable bonds is 5. The molecule has 0 radical (unpaired) electrons. The van der Waals surface area contributed by atoms with Gasteiger partial charge in [0, 0.05) is 36.3 Å². The second kappa shape index (κ2) is 9.88. The molecule has 4 nitrogen and oxygen atoms in total. The van der Waals surface area contributed by atoms with Crippen molar-refractivity contribution in [2.75, 3.05) is 13.1 Å². The molecule has 4 rings (SSSR count). The van der Waals surface area contributed by atoms with Gasteiger partial charge in [0.15, 0.2) is 0 Å². The van der Waals surface area contributed by atoms with E-state index in [9.17, 15) is 18.0 Å². The number of alkyl halides is 3. The molecule has 1 saturated heterocycles. The second-order valence-corrected chi connectivity index (χ2v) is 8.70. The SMILES string of the molecule is N#Cc1ccc(-c2cc(Cl)ccc2CN2CC[C@@H](NC(=O)c3ccc(C(F)(F)F)cc3)C2)cc1. The van der Waals surface area contributed by atoms with Crippen molar-refractivity contribution >= 4 is 17.5 Å². The first-order valence-electron chi connectivity index (χ1n) is 10.7. The van der Waals surface area contributed by atoms with Gasteiger partial charge in [-0.2, -0.15) is 18.4 Å². The number of nitrogens with zero attached hydrogens (tertiary/aromatic N) is 2. The van der Waals surface area contributed by atoms with Crippen molar-refractivity contribution in [3.63, 3.8) is 0 Å². The number of nitriles is 1. The number of hydrogen-bond donors (Lipinski definition) is 1. The quantitative estimate of drug-likeness (QED) is 0.491. The Hall–Kier alpha value is -3.34. The molecule has 1 heterocycles. The molecule has 1 amide bonds. The van der Waals surface area contributed by atoms with E-state index in [4.69, 9.17) is 16.9 Å². The minimum Gasteiger partial charge on any atom is -0.348 e. The molecule has 0 aromatic heterocycles. The third kappa shape index (κ3) is 5.58. The predicted molar refractivity (Wildman–Crippen MR) is 124 cm³/mol. The zero-order valence-corrected chi connectivity index (χ0v) is 18.8. The topological polar surface area (TPSA) is 56.1 Å². The molecule has 174 valence electrons. The Bertz CT molecular complexity index is 1220. The average molecular weight is 484 g/mol. The molecular weight excluding hydrogens is 463 g/mol. The van der Waals surface area contributed by atoms with Crippen molar-refractivity contribution in [3.8, 4) is 17.2 Å². The van der Waals surface area contributed by atoms with Crippen LogP contribution in [0, 0.1) is 11.3 Å². The molecule has 3 aromatic rings. The number of carbonyl (C=O) groups is 1. The average Bonchev–Trinajstić information content (AvgIpc) is 3.26. The number of carbonyl (C=O) groups excluding carboxylic acids is 1. The Balaban J connectivity index is 1.41. The van der Waals surface area contributed by atoms with Crippen LogP contribution in [0.5, 0.6) is 0 Å². The fourth-order valence-corrected chi connectivity index (χ4v) is 4.27. The number of amides is 1. The first-order chi connectivity index (χ1) is 16.2. The second-order valence-electron chi connectivity index (χ2n) is 8.26. The van der Waals surface area contributed by atoms with E-state index < -0.39 is 11.7 Å². The lowest BCUT2D eigenvalue weighted by Gasteiger charge is -2.19. The van der Waals surface area contributed by atoms with Gasteiger partial charge in [0.1, 0.15) is 0 Å². The summed E-state index contributed by atoms with van der Waals surface area (Å²) >= 11 is 6.24. The number of halogens is 4. The first kappa shape index (κ1) is 23.8. The highest BCUT2D eigenvalue weighted by Crippen LogP contribution is 2.30. The van der Waals surface area contributed by atoms with Crippen LogP contribution in [-0.4, -0.2) is 29.9 Å². The van der Waals surface area contributed by atoms with Crippen LogP contribution < -0.4 is 5.32 Å². The third-order valence-electron chi connectivity index (χ3n) is 5.87. The van der Waals surface area contributed by atoms with Crippen LogP contribution in [0.1, 0.15) is 33.5 Å². The lowest BCUT2D eigenvalue weighted by Crippen LogP contribution is -2.37. The molecule has 0 unspecified atom stereocenters. The van der Waals surface area contributed by atoms with E-state index >= 15 is 0 Å². The standard InChI is InChI=1S/C26H21ClF3N3O/c27-22-10-7-20(24(13-22)18-3-1-17(14-31)2-4-18)15-33-12-11-23(16-33)32-25(34)19-5-8-21(9-6-19)26(28,29)30/h1-10,13,23H,11-12,15-16H2,(H,32,34)/t23-/m1/s1. The highest BCUT2D eigenvalue weighted by atomic mass is 35.5. The molecule has 0 bridgehead atoms. The normalized spacial score (nSPS) is 16.3. The van der Waals surface area contributed by atoms with Crippen molar-refractivity contribution in [1.29, 1.82) is 5.26 Å². The summed E-state index contributed by atoms with van der Waals surface area (Å²) in [5.74, 6) is -0.384. The van der Waals surface area contributed by atoms with Crippen molar-refractivity contribution in [1.82, 2.24) is 10.2 Å². The van der Waals surface area contributed by atoms with Crippen molar-refractivity contribution < 1.29 is 18.0 Å². The fourth-order valence-electron chi connectivity index (χ4n) is 4.09. The van der Waals surface area contributed by atoms with Crippen molar-refractivity contribution in [2.24, 2.45) is 0 Å². The van der Waals surface area contributed by atoms with Crippen LogP contribution in [0.3, 0.4) is 0 Å². The molecule has 1 atom stereocenters. The molecule has 1 aliphatic rings. The van der Waals surface area contributed by atoms with Gasteiger partial charge in [-0.1, -0.05) is 29.8 Å². The highest BCUT2D eigenvalue weighted by molar-refractivity contribution is 6.30. The maximum atomic E-state index is 12.7. The number of nitrogens with one attached hydrogen (secondary N) is 1. The predicted octanol–water partition coefficient (Wildman–Crippen LogP) is 5.90.